The molecule has 0 saturated heterocycles. The second-order valence-corrected chi connectivity index (χ2v) is 5.98. The van der Waals surface area contributed by atoms with Crippen molar-refractivity contribution in [2.45, 2.75) is 13.1 Å². The van der Waals surface area contributed by atoms with Crippen LogP contribution in [-0.2, 0) is 13.1 Å². The average molecular weight is 348 g/mol. The van der Waals surface area contributed by atoms with E-state index in [1.165, 1.54) is 11.1 Å². The van der Waals surface area contributed by atoms with Crippen LogP contribution in [-0.4, -0.2) is 14.2 Å². The van der Waals surface area contributed by atoms with E-state index in [1.54, 1.807) is 14.2 Å². The number of anilines is 2. The molecule has 0 aliphatic heterocycles. The Kier molecular flexibility index (Phi) is 5.99. The Morgan fingerprint density at radius 3 is 1.19 bits per heavy atom. The summed E-state index contributed by atoms with van der Waals surface area (Å²) in [6.45, 7) is 1.56. The largest absolute Gasteiger partial charge is 0.497 e. The van der Waals surface area contributed by atoms with Crippen molar-refractivity contribution in [1.82, 2.24) is 0 Å². The van der Waals surface area contributed by atoms with E-state index in [-0.39, 0.29) is 0 Å². The molecule has 4 nitrogen and oxygen atoms in total. The highest BCUT2D eigenvalue weighted by Gasteiger charge is 1.98. The van der Waals surface area contributed by atoms with E-state index in [4.69, 9.17) is 9.47 Å². The molecule has 0 radical (unpaired) electrons. The van der Waals surface area contributed by atoms with Crippen LogP contribution < -0.4 is 20.1 Å². The second-order valence-electron chi connectivity index (χ2n) is 5.98. The molecular formula is C22H24N2O2. The molecule has 0 atom stereocenters. The van der Waals surface area contributed by atoms with Gasteiger partial charge < -0.3 is 20.1 Å². The standard InChI is InChI=1S/C22H24N2O2/c1-25-21-11-3-17(4-12-21)15-23-19-7-9-20(10-8-19)24-16-18-5-13-22(26-2)14-6-18/h3-14,23-24H,15-16H2,1-2H3. The summed E-state index contributed by atoms with van der Waals surface area (Å²) < 4.78 is 10.4. The summed E-state index contributed by atoms with van der Waals surface area (Å²) in [4.78, 5) is 0. The van der Waals surface area contributed by atoms with Crippen LogP contribution in [0.3, 0.4) is 0 Å². The quantitative estimate of drug-likeness (QED) is 0.606. The summed E-state index contributed by atoms with van der Waals surface area (Å²) in [5.41, 5.74) is 4.62. The van der Waals surface area contributed by atoms with Crippen molar-refractivity contribution in [1.29, 1.82) is 0 Å². The Hall–Kier alpha value is -3.14. The molecular weight excluding hydrogens is 324 g/mol. The van der Waals surface area contributed by atoms with Gasteiger partial charge in [0.15, 0.2) is 0 Å². The highest BCUT2D eigenvalue weighted by molar-refractivity contribution is 5.54. The Morgan fingerprint density at radius 2 is 0.885 bits per heavy atom. The lowest BCUT2D eigenvalue weighted by Crippen LogP contribution is -2.01. The van der Waals surface area contributed by atoms with E-state index in [0.29, 0.717) is 0 Å². The number of rotatable bonds is 8. The van der Waals surface area contributed by atoms with Gasteiger partial charge in [0.1, 0.15) is 11.5 Å². The third-order valence-electron chi connectivity index (χ3n) is 4.20. The summed E-state index contributed by atoms with van der Waals surface area (Å²) in [5.74, 6) is 1.75. The fourth-order valence-electron chi connectivity index (χ4n) is 2.60. The van der Waals surface area contributed by atoms with Crippen molar-refractivity contribution >= 4 is 11.4 Å². The van der Waals surface area contributed by atoms with Crippen LogP contribution in [0.4, 0.5) is 11.4 Å². The number of nitrogens with one attached hydrogen (secondary N) is 2. The first-order valence-corrected chi connectivity index (χ1v) is 8.60. The molecule has 0 bridgehead atoms. The molecule has 0 fully saturated rings. The van der Waals surface area contributed by atoms with Gasteiger partial charge in [0.25, 0.3) is 0 Å². The Bertz CT molecular complexity index is 727. The summed E-state index contributed by atoms with van der Waals surface area (Å²) in [5, 5.41) is 6.86. The van der Waals surface area contributed by atoms with E-state index in [1.807, 2.05) is 24.3 Å². The Balaban J connectivity index is 1.49. The Labute approximate surface area is 154 Å². The van der Waals surface area contributed by atoms with Crippen LogP contribution in [0.2, 0.25) is 0 Å². The molecule has 3 aromatic carbocycles. The molecule has 0 aliphatic rings. The van der Waals surface area contributed by atoms with E-state index >= 15 is 0 Å². The SMILES string of the molecule is COc1ccc(CNc2ccc(NCc3ccc(OC)cc3)cc2)cc1. The van der Waals surface area contributed by atoms with Crippen LogP contribution in [0.1, 0.15) is 11.1 Å². The van der Waals surface area contributed by atoms with Gasteiger partial charge in [-0.1, -0.05) is 24.3 Å². The minimum atomic E-state index is 0.780. The maximum Gasteiger partial charge on any atom is 0.118 e. The first-order chi connectivity index (χ1) is 12.8. The van der Waals surface area contributed by atoms with Gasteiger partial charge in [0.05, 0.1) is 14.2 Å². The normalized spacial score (nSPS) is 10.2. The summed E-state index contributed by atoms with van der Waals surface area (Å²) in [7, 11) is 3.36. The zero-order chi connectivity index (χ0) is 18.2. The predicted molar refractivity (Wildman–Crippen MR) is 107 cm³/mol. The molecule has 0 heterocycles. The maximum atomic E-state index is 5.18. The molecule has 26 heavy (non-hydrogen) atoms. The summed E-state index contributed by atoms with van der Waals surface area (Å²) >= 11 is 0. The van der Waals surface area contributed by atoms with Gasteiger partial charge >= 0.3 is 0 Å². The van der Waals surface area contributed by atoms with Gasteiger partial charge in [0, 0.05) is 24.5 Å². The van der Waals surface area contributed by atoms with Gasteiger partial charge in [-0.15, -0.1) is 0 Å². The van der Waals surface area contributed by atoms with Crippen molar-refractivity contribution in [2.75, 3.05) is 24.9 Å². The monoisotopic (exact) mass is 348 g/mol. The van der Waals surface area contributed by atoms with Crippen LogP contribution in [0.25, 0.3) is 0 Å². The fourth-order valence-corrected chi connectivity index (χ4v) is 2.60. The number of methoxy groups -OCH3 is 2. The highest BCUT2D eigenvalue weighted by Crippen LogP contribution is 2.17. The van der Waals surface area contributed by atoms with E-state index < -0.39 is 0 Å². The lowest BCUT2D eigenvalue weighted by atomic mass is 10.2. The topological polar surface area (TPSA) is 42.5 Å². The van der Waals surface area contributed by atoms with Crippen LogP contribution in [0.15, 0.2) is 72.8 Å². The van der Waals surface area contributed by atoms with Crippen molar-refractivity contribution < 1.29 is 9.47 Å². The summed E-state index contributed by atoms with van der Waals surface area (Å²) in [6, 6.07) is 24.5. The van der Waals surface area contributed by atoms with Gasteiger partial charge in [-0.3, -0.25) is 0 Å². The molecule has 0 unspecified atom stereocenters. The maximum absolute atomic E-state index is 5.18. The molecule has 0 aromatic heterocycles. The third kappa shape index (κ3) is 4.93. The fraction of sp³-hybridized carbons (Fsp3) is 0.182. The minimum absolute atomic E-state index is 0.780. The molecule has 134 valence electrons. The van der Waals surface area contributed by atoms with Crippen LogP contribution in [0.5, 0.6) is 11.5 Å². The average Bonchev–Trinajstić information content (AvgIpc) is 2.72. The van der Waals surface area contributed by atoms with E-state index in [0.717, 1.165) is 36.0 Å². The van der Waals surface area contributed by atoms with Gasteiger partial charge in [-0.2, -0.15) is 0 Å². The minimum Gasteiger partial charge on any atom is -0.497 e. The molecule has 0 aliphatic carbocycles. The zero-order valence-corrected chi connectivity index (χ0v) is 15.2. The lowest BCUT2D eigenvalue weighted by molar-refractivity contribution is 0.414. The zero-order valence-electron chi connectivity index (χ0n) is 15.2. The first kappa shape index (κ1) is 17.7. The molecule has 0 saturated carbocycles. The van der Waals surface area contributed by atoms with Gasteiger partial charge in [-0.25, -0.2) is 0 Å². The van der Waals surface area contributed by atoms with Gasteiger partial charge in [-0.05, 0) is 59.7 Å². The number of benzene rings is 3. The predicted octanol–water partition coefficient (Wildman–Crippen LogP) is 4.93. The second kappa shape index (κ2) is 8.81. The lowest BCUT2D eigenvalue weighted by Gasteiger charge is -2.10. The first-order valence-electron chi connectivity index (χ1n) is 8.60. The molecule has 0 amide bonds. The highest BCUT2D eigenvalue weighted by atomic mass is 16.5. The van der Waals surface area contributed by atoms with Crippen molar-refractivity contribution in [3.05, 3.63) is 83.9 Å². The van der Waals surface area contributed by atoms with E-state index in [2.05, 4.69) is 59.2 Å². The third-order valence-corrected chi connectivity index (χ3v) is 4.20. The van der Waals surface area contributed by atoms with E-state index in [9.17, 15) is 0 Å². The van der Waals surface area contributed by atoms with Crippen molar-refractivity contribution in [3.8, 4) is 11.5 Å². The van der Waals surface area contributed by atoms with Crippen molar-refractivity contribution in [2.24, 2.45) is 0 Å². The molecule has 4 heteroatoms. The number of ether oxygens (including phenoxy) is 2. The van der Waals surface area contributed by atoms with Crippen LogP contribution in [0, 0.1) is 0 Å². The van der Waals surface area contributed by atoms with Gasteiger partial charge in [0.2, 0.25) is 0 Å². The molecule has 2 N–H and O–H groups in total. The smallest absolute Gasteiger partial charge is 0.118 e. The summed E-state index contributed by atoms with van der Waals surface area (Å²) in [6.07, 6.45) is 0. The molecule has 3 aromatic rings. The van der Waals surface area contributed by atoms with Crippen LogP contribution >= 0.6 is 0 Å². The van der Waals surface area contributed by atoms with Crippen molar-refractivity contribution in [3.63, 3.8) is 0 Å². The molecule has 3 rings (SSSR count). The Morgan fingerprint density at radius 1 is 0.538 bits per heavy atom. The number of hydrogen-bond donors (Lipinski definition) is 2. The molecule has 0 spiro atoms. The number of hydrogen-bond acceptors (Lipinski definition) is 4.